The Balaban J connectivity index is 2.18. The minimum atomic E-state index is -3.56. The molecule has 0 aliphatic carbocycles. The number of halogens is 3. The number of carbonyl (C=O) groups is 1. The van der Waals surface area contributed by atoms with Gasteiger partial charge in [-0.3, -0.25) is 4.79 Å². The minimum absolute atomic E-state index is 0.00947. The summed E-state index contributed by atoms with van der Waals surface area (Å²) in [6.07, 6.45) is 0.0859. The first-order valence-corrected chi connectivity index (χ1v) is 9.23. The molecule has 150 valence electrons. The largest absolute Gasteiger partial charge is 0.460 e. The van der Waals surface area contributed by atoms with E-state index in [4.69, 9.17) is 13.8 Å². The van der Waals surface area contributed by atoms with Crippen molar-refractivity contribution in [2.45, 2.75) is 71.3 Å². The quantitative estimate of drug-likeness (QED) is 0.589. The van der Waals surface area contributed by atoms with Crippen LogP contribution < -0.4 is 0 Å². The Bertz CT molecular complexity index is 816. The maximum absolute atomic E-state index is 14.8. The predicted octanol–water partition coefficient (Wildman–Crippen LogP) is 5.14. The topological polar surface area (TPSA) is 78.4 Å². The van der Waals surface area contributed by atoms with Crippen LogP contribution in [0.4, 0.5) is 8.78 Å². The van der Waals surface area contributed by atoms with E-state index in [9.17, 15) is 13.6 Å². The van der Waals surface area contributed by atoms with E-state index in [-0.39, 0.29) is 23.0 Å². The Hall–Kier alpha value is -1.77. The Morgan fingerprint density at radius 1 is 1.15 bits per heavy atom. The molecule has 0 fully saturated rings. The molecule has 2 rings (SSSR count). The van der Waals surface area contributed by atoms with Gasteiger partial charge in [-0.05, 0) is 36.7 Å². The van der Waals surface area contributed by atoms with Crippen LogP contribution in [0.3, 0.4) is 0 Å². The number of rotatable bonds is 5. The monoisotopic (exact) mass is 448 g/mol. The lowest BCUT2D eigenvalue weighted by molar-refractivity contribution is -0.154. The number of aryl methyl sites for hydroxylation is 1. The molecule has 0 aliphatic rings. The molecule has 0 N–H and O–H groups in total. The van der Waals surface area contributed by atoms with Gasteiger partial charge in [0.1, 0.15) is 5.60 Å². The van der Waals surface area contributed by atoms with Gasteiger partial charge in [0, 0.05) is 17.9 Å². The van der Waals surface area contributed by atoms with Gasteiger partial charge in [0.15, 0.2) is 0 Å². The highest BCUT2D eigenvalue weighted by Crippen LogP contribution is 2.42. The van der Waals surface area contributed by atoms with Crippen LogP contribution in [0.25, 0.3) is 0 Å². The highest BCUT2D eigenvalue weighted by molar-refractivity contribution is 9.10. The van der Waals surface area contributed by atoms with Crippen LogP contribution >= 0.6 is 15.9 Å². The summed E-state index contributed by atoms with van der Waals surface area (Å²) in [6.45, 7) is 10.8. The molecule has 2 heterocycles. The Morgan fingerprint density at radius 2 is 1.78 bits per heavy atom. The molecule has 0 saturated heterocycles. The molecule has 9 heteroatoms. The molecule has 2 aromatic heterocycles. The van der Waals surface area contributed by atoms with Crippen molar-refractivity contribution in [1.82, 2.24) is 10.3 Å². The normalized spacial score (nSPS) is 13.1. The van der Waals surface area contributed by atoms with Crippen molar-refractivity contribution in [3.63, 3.8) is 0 Å². The minimum Gasteiger partial charge on any atom is -0.460 e. The molecule has 0 amide bonds. The Kier molecular flexibility index (Phi) is 5.85. The van der Waals surface area contributed by atoms with Crippen LogP contribution in [0, 0.1) is 0 Å². The van der Waals surface area contributed by atoms with E-state index in [2.05, 4.69) is 26.2 Å². The SMILES string of the molecule is CC(C)(C)OC(=O)CCc1noc(C(F)(F)c2cc(C(C)(C)C)no2)c1Br. The molecular formula is C18H23BrF2N2O4. The summed E-state index contributed by atoms with van der Waals surface area (Å²) < 4.78 is 44.5. The number of hydrogen-bond acceptors (Lipinski definition) is 6. The van der Waals surface area contributed by atoms with E-state index in [0.717, 1.165) is 0 Å². The lowest BCUT2D eigenvalue weighted by Crippen LogP contribution is -2.24. The number of aromatic nitrogens is 2. The molecule has 2 aromatic rings. The standard InChI is InChI=1S/C18H23BrF2N2O4/c1-16(2,3)11-9-12(26-23-11)18(20,21)15-14(19)10(22-27-15)7-8-13(24)25-17(4,5)6/h9H,7-8H2,1-6H3. The number of nitrogens with zero attached hydrogens (tertiary/aromatic N) is 2. The summed E-state index contributed by atoms with van der Waals surface area (Å²) >= 11 is 3.09. The van der Waals surface area contributed by atoms with Crippen LogP contribution in [0.15, 0.2) is 19.6 Å². The maximum atomic E-state index is 14.8. The zero-order chi connectivity index (χ0) is 20.6. The Morgan fingerprint density at radius 3 is 2.30 bits per heavy atom. The summed E-state index contributed by atoms with van der Waals surface area (Å²) in [6, 6.07) is 1.20. The first-order chi connectivity index (χ1) is 12.2. The van der Waals surface area contributed by atoms with Crippen LogP contribution in [0.5, 0.6) is 0 Å². The van der Waals surface area contributed by atoms with Gasteiger partial charge in [-0.2, -0.15) is 8.78 Å². The van der Waals surface area contributed by atoms with E-state index in [1.807, 2.05) is 20.8 Å². The highest BCUT2D eigenvalue weighted by atomic mass is 79.9. The van der Waals surface area contributed by atoms with Crippen LogP contribution in [-0.4, -0.2) is 21.9 Å². The molecule has 0 aliphatic heterocycles. The molecule has 0 aromatic carbocycles. The molecule has 0 radical (unpaired) electrons. The molecule has 0 saturated carbocycles. The number of ether oxygens (including phenoxy) is 1. The second-order valence-corrected chi connectivity index (χ2v) is 9.05. The molecule has 0 unspecified atom stereocenters. The van der Waals surface area contributed by atoms with E-state index in [1.165, 1.54) is 6.07 Å². The fraction of sp³-hybridized carbons (Fsp3) is 0.611. The second-order valence-electron chi connectivity index (χ2n) is 8.26. The predicted molar refractivity (Wildman–Crippen MR) is 96.6 cm³/mol. The molecule has 27 heavy (non-hydrogen) atoms. The van der Waals surface area contributed by atoms with Gasteiger partial charge >= 0.3 is 11.9 Å². The summed E-state index contributed by atoms with van der Waals surface area (Å²) in [5.41, 5.74) is -0.452. The van der Waals surface area contributed by atoms with E-state index < -0.39 is 34.4 Å². The van der Waals surface area contributed by atoms with Crippen LogP contribution in [0.1, 0.15) is 70.9 Å². The van der Waals surface area contributed by atoms with Gasteiger partial charge in [-0.15, -0.1) is 0 Å². The van der Waals surface area contributed by atoms with E-state index in [0.29, 0.717) is 5.69 Å². The highest BCUT2D eigenvalue weighted by Gasteiger charge is 2.46. The van der Waals surface area contributed by atoms with Gasteiger partial charge in [-0.1, -0.05) is 31.1 Å². The molecule has 0 atom stereocenters. The third-order valence-electron chi connectivity index (χ3n) is 3.56. The van der Waals surface area contributed by atoms with Gasteiger partial charge in [0.25, 0.3) is 0 Å². The first kappa shape index (κ1) is 21.5. The molecule has 0 spiro atoms. The second kappa shape index (κ2) is 7.33. The third-order valence-corrected chi connectivity index (χ3v) is 4.38. The lowest BCUT2D eigenvalue weighted by Gasteiger charge is -2.19. The zero-order valence-electron chi connectivity index (χ0n) is 16.2. The molecular weight excluding hydrogens is 426 g/mol. The van der Waals surface area contributed by atoms with Crippen molar-refractivity contribution in [2.75, 3.05) is 0 Å². The average Bonchev–Trinajstić information content (AvgIpc) is 3.10. The van der Waals surface area contributed by atoms with E-state index in [1.54, 1.807) is 20.8 Å². The van der Waals surface area contributed by atoms with Crippen LogP contribution in [0.2, 0.25) is 0 Å². The van der Waals surface area contributed by atoms with Gasteiger partial charge in [-0.25, -0.2) is 0 Å². The number of alkyl halides is 2. The number of hydrogen-bond donors (Lipinski definition) is 0. The summed E-state index contributed by atoms with van der Waals surface area (Å²) in [4.78, 5) is 11.8. The Labute approximate surface area is 164 Å². The van der Waals surface area contributed by atoms with Gasteiger partial charge < -0.3 is 13.8 Å². The average molecular weight is 449 g/mol. The first-order valence-electron chi connectivity index (χ1n) is 8.43. The van der Waals surface area contributed by atoms with E-state index >= 15 is 0 Å². The maximum Gasteiger partial charge on any atom is 0.367 e. The van der Waals surface area contributed by atoms with Crippen LogP contribution in [-0.2, 0) is 27.3 Å². The van der Waals surface area contributed by atoms with Crippen molar-refractivity contribution in [3.8, 4) is 0 Å². The summed E-state index contributed by atoms with van der Waals surface area (Å²) in [7, 11) is 0. The molecule has 0 bridgehead atoms. The van der Waals surface area contributed by atoms with Crippen molar-refractivity contribution in [3.05, 3.63) is 33.4 Å². The van der Waals surface area contributed by atoms with Crippen molar-refractivity contribution in [1.29, 1.82) is 0 Å². The van der Waals surface area contributed by atoms with Gasteiger partial charge in [0.05, 0.1) is 22.3 Å². The number of carbonyl (C=O) groups excluding carboxylic acids is 1. The lowest BCUT2D eigenvalue weighted by atomic mass is 9.92. The summed E-state index contributed by atoms with van der Waals surface area (Å²) in [5, 5.41) is 7.38. The summed E-state index contributed by atoms with van der Waals surface area (Å²) in [5.74, 6) is -5.34. The smallest absolute Gasteiger partial charge is 0.367 e. The number of esters is 1. The van der Waals surface area contributed by atoms with Crippen molar-refractivity contribution >= 4 is 21.9 Å². The third kappa shape index (κ3) is 5.15. The fourth-order valence-electron chi connectivity index (χ4n) is 2.16. The molecule has 6 nitrogen and oxygen atoms in total. The van der Waals surface area contributed by atoms with Gasteiger partial charge in [0.2, 0.25) is 11.5 Å². The zero-order valence-corrected chi connectivity index (χ0v) is 17.7. The fourth-order valence-corrected chi connectivity index (χ4v) is 2.76. The van der Waals surface area contributed by atoms with Crippen molar-refractivity contribution in [2.24, 2.45) is 0 Å². The van der Waals surface area contributed by atoms with Crippen molar-refractivity contribution < 1.29 is 27.4 Å².